The fourth-order valence-electron chi connectivity index (χ4n) is 2.97. The lowest BCUT2D eigenvalue weighted by atomic mass is 10.1. The molecule has 0 radical (unpaired) electrons. The van der Waals surface area contributed by atoms with E-state index < -0.39 is 11.5 Å². The van der Waals surface area contributed by atoms with Gasteiger partial charge in [-0.15, -0.1) is 0 Å². The molecule has 1 aromatic carbocycles. The Morgan fingerprint density at radius 3 is 2.36 bits per heavy atom. The van der Waals surface area contributed by atoms with Gasteiger partial charge in [0, 0.05) is 25.4 Å². The first-order chi connectivity index (χ1) is 13.5. The van der Waals surface area contributed by atoms with Crippen molar-refractivity contribution in [2.75, 3.05) is 13.2 Å². The van der Waals surface area contributed by atoms with Crippen LogP contribution in [-0.2, 0) is 11.8 Å². The van der Waals surface area contributed by atoms with Gasteiger partial charge >= 0.3 is 5.97 Å². The number of hydrogen-bond donors (Lipinski definition) is 0. The molecule has 0 aliphatic heterocycles. The Morgan fingerprint density at radius 2 is 1.68 bits per heavy atom. The summed E-state index contributed by atoms with van der Waals surface area (Å²) in [5.41, 5.74) is 0.271. The smallest absolute Gasteiger partial charge is 0.308 e. The Morgan fingerprint density at radius 1 is 0.964 bits per heavy atom. The highest BCUT2D eigenvalue weighted by Crippen LogP contribution is 2.34. The zero-order valence-electron chi connectivity index (χ0n) is 17.4. The molecule has 0 aliphatic rings. The molecule has 0 N–H and O–H groups in total. The SMILES string of the molecule is CCCCCCOc1ccc2c(OCCCC)c(OC(C)=O)c(=O)n(C)c2c1. The Balaban J connectivity index is 2.39. The van der Waals surface area contributed by atoms with E-state index >= 15 is 0 Å². The molecule has 0 fully saturated rings. The molecule has 1 aromatic heterocycles. The third-order valence-electron chi connectivity index (χ3n) is 4.54. The summed E-state index contributed by atoms with van der Waals surface area (Å²) >= 11 is 0. The van der Waals surface area contributed by atoms with Crippen LogP contribution in [0.4, 0.5) is 0 Å². The van der Waals surface area contributed by atoms with Crippen LogP contribution in [0, 0.1) is 0 Å². The minimum Gasteiger partial charge on any atom is -0.494 e. The van der Waals surface area contributed by atoms with Crippen molar-refractivity contribution >= 4 is 16.9 Å². The van der Waals surface area contributed by atoms with Gasteiger partial charge in [0.25, 0.3) is 5.56 Å². The predicted octanol–water partition coefficient (Wildman–Crippen LogP) is 4.60. The number of aryl methyl sites for hydroxylation is 1. The largest absolute Gasteiger partial charge is 0.494 e. The average Bonchev–Trinajstić information content (AvgIpc) is 2.68. The number of unbranched alkanes of at least 4 members (excludes halogenated alkanes) is 4. The molecule has 0 saturated carbocycles. The maximum Gasteiger partial charge on any atom is 0.308 e. The Labute approximate surface area is 166 Å². The molecule has 0 aliphatic carbocycles. The van der Waals surface area contributed by atoms with E-state index in [-0.39, 0.29) is 5.75 Å². The van der Waals surface area contributed by atoms with Crippen molar-refractivity contribution in [1.82, 2.24) is 4.57 Å². The maximum atomic E-state index is 12.8. The van der Waals surface area contributed by atoms with Crippen molar-refractivity contribution < 1.29 is 19.0 Å². The summed E-state index contributed by atoms with van der Waals surface area (Å²) in [5, 5.41) is 0.716. The average molecular weight is 389 g/mol. The third kappa shape index (κ3) is 5.50. The fraction of sp³-hybridized carbons (Fsp3) is 0.545. The summed E-state index contributed by atoms with van der Waals surface area (Å²) in [6, 6.07) is 5.54. The highest BCUT2D eigenvalue weighted by Gasteiger charge is 2.20. The van der Waals surface area contributed by atoms with Crippen LogP contribution in [0.2, 0.25) is 0 Å². The number of hydrogen-bond acceptors (Lipinski definition) is 5. The monoisotopic (exact) mass is 389 g/mol. The molecule has 0 atom stereocenters. The lowest BCUT2D eigenvalue weighted by molar-refractivity contribution is -0.132. The standard InChI is InChI=1S/C22H31NO5/c1-5-7-9-10-14-26-17-11-12-18-19(15-17)23(4)22(25)21(28-16(3)24)20(18)27-13-8-6-2/h11-12,15H,5-10,13-14H2,1-4H3. The number of rotatable bonds is 11. The molecule has 0 bridgehead atoms. The fourth-order valence-corrected chi connectivity index (χ4v) is 2.97. The molecule has 154 valence electrons. The molecule has 28 heavy (non-hydrogen) atoms. The van der Waals surface area contributed by atoms with E-state index in [0.29, 0.717) is 35.6 Å². The highest BCUT2D eigenvalue weighted by atomic mass is 16.6. The Hall–Kier alpha value is -2.50. The van der Waals surface area contributed by atoms with Gasteiger partial charge in [0.05, 0.1) is 18.7 Å². The number of benzene rings is 1. The second kappa shape index (κ2) is 10.7. The van der Waals surface area contributed by atoms with E-state index in [0.717, 1.165) is 25.7 Å². The van der Waals surface area contributed by atoms with Gasteiger partial charge in [0.15, 0.2) is 5.75 Å². The lowest BCUT2D eigenvalue weighted by Gasteiger charge is -2.16. The van der Waals surface area contributed by atoms with Crippen LogP contribution in [0.25, 0.3) is 10.9 Å². The van der Waals surface area contributed by atoms with Crippen LogP contribution < -0.4 is 19.8 Å². The number of esters is 1. The van der Waals surface area contributed by atoms with Crippen molar-refractivity contribution in [2.24, 2.45) is 7.05 Å². The first-order valence-corrected chi connectivity index (χ1v) is 10.1. The van der Waals surface area contributed by atoms with E-state index in [1.54, 1.807) is 7.05 Å². The van der Waals surface area contributed by atoms with Crippen molar-refractivity contribution in [2.45, 2.75) is 59.3 Å². The van der Waals surface area contributed by atoms with Crippen LogP contribution in [0.3, 0.4) is 0 Å². The number of fused-ring (bicyclic) bond motifs is 1. The Kier molecular flexibility index (Phi) is 8.36. The summed E-state index contributed by atoms with van der Waals surface area (Å²) in [4.78, 5) is 24.3. The van der Waals surface area contributed by atoms with Gasteiger partial charge in [-0.3, -0.25) is 9.59 Å². The Bertz CT molecular complexity index is 856. The third-order valence-corrected chi connectivity index (χ3v) is 4.54. The van der Waals surface area contributed by atoms with Crippen LogP contribution in [-0.4, -0.2) is 23.8 Å². The molecule has 0 spiro atoms. The van der Waals surface area contributed by atoms with Gasteiger partial charge in [-0.25, -0.2) is 0 Å². The molecule has 0 saturated heterocycles. The van der Waals surface area contributed by atoms with Crippen LogP contribution >= 0.6 is 0 Å². The van der Waals surface area contributed by atoms with E-state index in [4.69, 9.17) is 14.2 Å². The summed E-state index contributed by atoms with van der Waals surface area (Å²) < 4.78 is 18.4. The van der Waals surface area contributed by atoms with Crippen LogP contribution in [0.1, 0.15) is 59.3 Å². The number of nitrogens with zero attached hydrogens (tertiary/aromatic N) is 1. The minimum absolute atomic E-state index is 0.0631. The minimum atomic E-state index is -0.552. The first kappa shape index (κ1) is 21.8. The summed E-state index contributed by atoms with van der Waals surface area (Å²) in [6.45, 7) is 6.60. The van der Waals surface area contributed by atoms with E-state index in [9.17, 15) is 9.59 Å². The molecular formula is C22H31NO5. The molecule has 0 amide bonds. The van der Waals surface area contributed by atoms with Crippen molar-refractivity contribution in [1.29, 1.82) is 0 Å². The van der Waals surface area contributed by atoms with Gasteiger partial charge in [0.1, 0.15) is 5.75 Å². The lowest BCUT2D eigenvalue weighted by Crippen LogP contribution is -2.22. The molecule has 0 unspecified atom stereocenters. The zero-order chi connectivity index (χ0) is 20.5. The van der Waals surface area contributed by atoms with E-state index in [1.807, 2.05) is 18.2 Å². The summed E-state index contributed by atoms with van der Waals surface area (Å²) in [5.74, 6) is 0.408. The number of pyridine rings is 1. The molecular weight excluding hydrogens is 358 g/mol. The normalized spacial score (nSPS) is 10.9. The topological polar surface area (TPSA) is 66.8 Å². The number of aromatic nitrogens is 1. The number of carbonyl (C=O) groups is 1. The second-order valence-electron chi connectivity index (χ2n) is 6.91. The number of carbonyl (C=O) groups excluding carboxylic acids is 1. The molecule has 2 rings (SSSR count). The molecule has 2 aromatic rings. The van der Waals surface area contributed by atoms with Gasteiger partial charge in [0.2, 0.25) is 5.75 Å². The first-order valence-electron chi connectivity index (χ1n) is 10.1. The van der Waals surface area contributed by atoms with E-state index in [2.05, 4.69) is 13.8 Å². The van der Waals surface area contributed by atoms with Gasteiger partial charge in [-0.2, -0.15) is 0 Å². The van der Waals surface area contributed by atoms with Gasteiger partial charge in [-0.05, 0) is 25.0 Å². The molecule has 1 heterocycles. The van der Waals surface area contributed by atoms with Crippen molar-refractivity contribution in [3.8, 4) is 17.2 Å². The van der Waals surface area contributed by atoms with Crippen LogP contribution in [0.5, 0.6) is 17.2 Å². The zero-order valence-corrected chi connectivity index (χ0v) is 17.4. The molecule has 6 nitrogen and oxygen atoms in total. The molecule has 6 heteroatoms. The highest BCUT2D eigenvalue weighted by molar-refractivity contribution is 5.89. The second-order valence-corrected chi connectivity index (χ2v) is 6.91. The summed E-state index contributed by atoms with van der Waals surface area (Å²) in [6.07, 6.45) is 6.33. The maximum absolute atomic E-state index is 12.8. The predicted molar refractivity (Wildman–Crippen MR) is 111 cm³/mol. The van der Waals surface area contributed by atoms with Crippen LogP contribution in [0.15, 0.2) is 23.0 Å². The summed E-state index contributed by atoms with van der Waals surface area (Å²) in [7, 11) is 1.65. The van der Waals surface area contributed by atoms with Crippen molar-refractivity contribution in [3.05, 3.63) is 28.6 Å². The van der Waals surface area contributed by atoms with Crippen molar-refractivity contribution in [3.63, 3.8) is 0 Å². The number of ether oxygens (including phenoxy) is 3. The van der Waals surface area contributed by atoms with E-state index in [1.165, 1.54) is 24.3 Å². The van der Waals surface area contributed by atoms with Gasteiger partial charge < -0.3 is 18.8 Å². The van der Waals surface area contributed by atoms with Gasteiger partial charge in [-0.1, -0.05) is 39.5 Å². The quantitative estimate of drug-likeness (QED) is 0.415.